The van der Waals surface area contributed by atoms with Gasteiger partial charge in [-0.25, -0.2) is 4.68 Å². The molecule has 1 aromatic carbocycles. The molecule has 0 spiro atoms. The van der Waals surface area contributed by atoms with Crippen molar-refractivity contribution in [3.05, 3.63) is 47.8 Å². The molecule has 0 radical (unpaired) electrons. The zero-order valence-electron chi connectivity index (χ0n) is 9.63. The van der Waals surface area contributed by atoms with Gasteiger partial charge in [0, 0.05) is 11.8 Å². The molecule has 88 valence electrons. The van der Waals surface area contributed by atoms with Gasteiger partial charge in [-0.3, -0.25) is 4.79 Å². The number of nitrogens with zero attached hydrogens (tertiary/aromatic N) is 2. The minimum Gasteiger partial charge on any atom is -0.481 e. The minimum atomic E-state index is -0.840. The zero-order chi connectivity index (χ0) is 12.3. The van der Waals surface area contributed by atoms with Crippen LogP contribution < -0.4 is 0 Å². The van der Waals surface area contributed by atoms with E-state index in [1.165, 1.54) is 5.56 Å². The molecule has 0 aliphatic heterocycles. The molecule has 0 amide bonds. The summed E-state index contributed by atoms with van der Waals surface area (Å²) in [4.78, 5) is 10.6. The number of benzene rings is 1. The van der Waals surface area contributed by atoms with Crippen molar-refractivity contribution in [2.75, 3.05) is 0 Å². The second-order valence-electron chi connectivity index (χ2n) is 3.85. The lowest BCUT2D eigenvalue weighted by molar-refractivity contribution is -0.136. The quantitative estimate of drug-likeness (QED) is 0.874. The lowest BCUT2D eigenvalue weighted by atomic mass is 10.1. The number of carboxylic acids is 1. The van der Waals surface area contributed by atoms with Crippen molar-refractivity contribution in [2.45, 2.75) is 19.8 Å². The van der Waals surface area contributed by atoms with E-state index >= 15 is 0 Å². The molecule has 0 unspecified atom stereocenters. The van der Waals surface area contributed by atoms with Crippen LogP contribution in [0.1, 0.15) is 18.1 Å². The third kappa shape index (κ3) is 2.53. The van der Waals surface area contributed by atoms with Crippen LogP contribution in [0.5, 0.6) is 0 Å². The van der Waals surface area contributed by atoms with Crippen LogP contribution in [0.25, 0.3) is 5.69 Å². The predicted molar refractivity (Wildman–Crippen MR) is 64.3 cm³/mol. The highest BCUT2D eigenvalue weighted by Gasteiger charge is 2.07. The largest absolute Gasteiger partial charge is 0.481 e. The Bertz CT molecular complexity index is 532. The molecule has 0 bridgehead atoms. The number of carboxylic acid groups (broad SMARTS) is 1. The Balaban J connectivity index is 2.33. The summed E-state index contributed by atoms with van der Waals surface area (Å²) in [5, 5.41) is 12.9. The minimum absolute atomic E-state index is 0.00823. The highest BCUT2D eigenvalue weighted by Crippen LogP contribution is 2.15. The summed E-state index contributed by atoms with van der Waals surface area (Å²) in [5.74, 6) is -0.840. The Morgan fingerprint density at radius 3 is 2.88 bits per heavy atom. The molecule has 2 rings (SSSR count). The van der Waals surface area contributed by atoms with Crippen molar-refractivity contribution < 1.29 is 9.90 Å². The maximum atomic E-state index is 10.6. The van der Waals surface area contributed by atoms with Crippen LogP contribution in [0.3, 0.4) is 0 Å². The van der Waals surface area contributed by atoms with Crippen LogP contribution >= 0.6 is 0 Å². The summed E-state index contributed by atoms with van der Waals surface area (Å²) in [6.45, 7) is 2.08. The van der Waals surface area contributed by atoms with Crippen molar-refractivity contribution in [3.8, 4) is 5.69 Å². The first-order valence-corrected chi connectivity index (χ1v) is 5.54. The van der Waals surface area contributed by atoms with Crippen molar-refractivity contribution in [1.82, 2.24) is 9.78 Å². The zero-order valence-corrected chi connectivity index (χ0v) is 9.63. The van der Waals surface area contributed by atoms with Crippen LogP contribution in [0, 0.1) is 0 Å². The predicted octanol–water partition coefficient (Wildman–Crippen LogP) is 2.06. The molecule has 0 aliphatic rings. The summed E-state index contributed by atoms with van der Waals surface area (Å²) < 4.78 is 1.73. The molecule has 2 aromatic rings. The van der Waals surface area contributed by atoms with Crippen LogP contribution in [0.4, 0.5) is 0 Å². The average Bonchev–Trinajstić information content (AvgIpc) is 2.76. The molecule has 0 saturated heterocycles. The molecule has 0 fully saturated rings. The van der Waals surface area contributed by atoms with Crippen molar-refractivity contribution >= 4 is 5.97 Å². The Hall–Kier alpha value is -2.10. The van der Waals surface area contributed by atoms with E-state index in [1.807, 2.05) is 24.3 Å². The monoisotopic (exact) mass is 230 g/mol. The fourth-order valence-corrected chi connectivity index (χ4v) is 1.79. The van der Waals surface area contributed by atoms with Gasteiger partial charge in [0.2, 0.25) is 0 Å². The summed E-state index contributed by atoms with van der Waals surface area (Å²) in [6, 6.07) is 7.97. The van der Waals surface area contributed by atoms with E-state index < -0.39 is 5.97 Å². The highest BCUT2D eigenvalue weighted by atomic mass is 16.4. The van der Waals surface area contributed by atoms with E-state index in [4.69, 9.17) is 5.11 Å². The van der Waals surface area contributed by atoms with Crippen LogP contribution in [-0.4, -0.2) is 20.9 Å². The van der Waals surface area contributed by atoms with Crippen LogP contribution in [-0.2, 0) is 17.6 Å². The molecular formula is C13H14N2O2. The fourth-order valence-electron chi connectivity index (χ4n) is 1.79. The summed E-state index contributed by atoms with van der Waals surface area (Å²) in [6.07, 6.45) is 4.29. The first kappa shape index (κ1) is 11.4. The first-order valence-electron chi connectivity index (χ1n) is 5.54. The smallest absolute Gasteiger partial charge is 0.307 e. The molecule has 1 aromatic heterocycles. The topological polar surface area (TPSA) is 55.1 Å². The van der Waals surface area contributed by atoms with E-state index in [9.17, 15) is 4.79 Å². The molecule has 1 N–H and O–H groups in total. The Kier molecular flexibility index (Phi) is 3.23. The van der Waals surface area contributed by atoms with Crippen LogP contribution in [0.15, 0.2) is 36.7 Å². The average molecular weight is 230 g/mol. The molecule has 17 heavy (non-hydrogen) atoms. The van der Waals surface area contributed by atoms with E-state index in [0.717, 1.165) is 12.1 Å². The molecule has 0 aliphatic carbocycles. The summed E-state index contributed by atoms with van der Waals surface area (Å²) in [7, 11) is 0. The maximum Gasteiger partial charge on any atom is 0.307 e. The second kappa shape index (κ2) is 4.82. The Labute approximate surface area is 99.5 Å². The number of hydrogen-bond acceptors (Lipinski definition) is 2. The van der Waals surface area contributed by atoms with E-state index in [1.54, 1.807) is 17.1 Å². The summed E-state index contributed by atoms with van der Waals surface area (Å²) >= 11 is 0. The van der Waals surface area contributed by atoms with Gasteiger partial charge in [-0.05, 0) is 18.1 Å². The number of aryl methyl sites for hydroxylation is 1. The SMILES string of the molecule is CCc1ccccc1-n1cc(CC(=O)O)cn1. The van der Waals surface area contributed by atoms with E-state index in [2.05, 4.69) is 12.0 Å². The van der Waals surface area contributed by atoms with E-state index in [0.29, 0.717) is 5.56 Å². The number of para-hydroxylation sites is 1. The van der Waals surface area contributed by atoms with Crippen molar-refractivity contribution in [3.63, 3.8) is 0 Å². The van der Waals surface area contributed by atoms with Gasteiger partial charge in [-0.2, -0.15) is 5.10 Å². The van der Waals surface area contributed by atoms with E-state index in [-0.39, 0.29) is 6.42 Å². The lowest BCUT2D eigenvalue weighted by Crippen LogP contribution is -2.00. The molecule has 0 atom stereocenters. The third-order valence-corrected chi connectivity index (χ3v) is 2.61. The van der Waals surface area contributed by atoms with Gasteiger partial charge >= 0.3 is 5.97 Å². The molecule has 4 nitrogen and oxygen atoms in total. The molecule has 0 saturated carbocycles. The number of rotatable bonds is 4. The standard InChI is InChI=1S/C13H14N2O2/c1-2-11-5-3-4-6-12(11)15-9-10(8-14-15)7-13(16)17/h3-6,8-9H,2,7H2,1H3,(H,16,17). The normalized spacial score (nSPS) is 10.4. The first-order chi connectivity index (χ1) is 8.20. The summed E-state index contributed by atoms with van der Waals surface area (Å²) in [5.41, 5.74) is 2.91. The van der Waals surface area contributed by atoms with Crippen molar-refractivity contribution in [1.29, 1.82) is 0 Å². The Morgan fingerprint density at radius 2 is 2.18 bits per heavy atom. The highest BCUT2D eigenvalue weighted by molar-refractivity contribution is 5.69. The Morgan fingerprint density at radius 1 is 1.41 bits per heavy atom. The second-order valence-corrected chi connectivity index (χ2v) is 3.85. The number of hydrogen-bond donors (Lipinski definition) is 1. The number of aromatic nitrogens is 2. The molecular weight excluding hydrogens is 216 g/mol. The lowest BCUT2D eigenvalue weighted by Gasteiger charge is -2.06. The molecule has 1 heterocycles. The van der Waals surface area contributed by atoms with Gasteiger partial charge in [0.15, 0.2) is 0 Å². The van der Waals surface area contributed by atoms with Gasteiger partial charge < -0.3 is 5.11 Å². The fraction of sp³-hybridized carbons (Fsp3) is 0.231. The maximum absolute atomic E-state index is 10.6. The van der Waals surface area contributed by atoms with Gasteiger partial charge in [-0.15, -0.1) is 0 Å². The third-order valence-electron chi connectivity index (χ3n) is 2.61. The van der Waals surface area contributed by atoms with Gasteiger partial charge in [-0.1, -0.05) is 25.1 Å². The van der Waals surface area contributed by atoms with Crippen LogP contribution in [0.2, 0.25) is 0 Å². The number of aliphatic carboxylic acids is 1. The number of carbonyl (C=O) groups is 1. The van der Waals surface area contributed by atoms with Gasteiger partial charge in [0.05, 0.1) is 18.3 Å². The van der Waals surface area contributed by atoms with Gasteiger partial charge in [0.1, 0.15) is 0 Å². The van der Waals surface area contributed by atoms with Crippen molar-refractivity contribution in [2.24, 2.45) is 0 Å². The van der Waals surface area contributed by atoms with Gasteiger partial charge in [0.25, 0.3) is 0 Å². The molecule has 4 heteroatoms.